The van der Waals surface area contributed by atoms with Gasteiger partial charge < -0.3 is 37.9 Å². The first kappa shape index (κ1) is 86.6. The van der Waals surface area contributed by atoms with Gasteiger partial charge in [0.25, 0.3) is 0 Å². The summed E-state index contributed by atoms with van der Waals surface area (Å²) in [5.74, 6) is 2.78. The normalized spacial score (nSPS) is 11.1. The molecule has 16 rings (SSSR count). The van der Waals surface area contributed by atoms with E-state index in [0.717, 1.165) is 162 Å². The fourth-order valence-electron chi connectivity index (χ4n) is 15.7. The molecule has 632 valence electrons. The molecule has 0 bridgehead atoms. The predicted octanol–water partition coefficient (Wildman–Crippen LogP) is 29.9. The maximum absolute atomic E-state index is 14.0. The van der Waals surface area contributed by atoms with Crippen molar-refractivity contribution in [2.75, 3.05) is 26.4 Å². The summed E-state index contributed by atoms with van der Waals surface area (Å²) in [5.41, 5.74) is 12.2. The van der Waals surface area contributed by atoms with Crippen LogP contribution in [0.5, 0.6) is 46.0 Å². The summed E-state index contributed by atoms with van der Waals surface area (Å²) >= 11 is 0. The number of carbonyl (C=O) groups is 4. The van der Waals surface area contributed by atoms with Crippen molar-refractivity contribution in [2.24, 2.45) is 0 Å². The number of hydrogen-bond acceptors (Lipinski definition) is 12. The second kappa shape index (κ2) is 43.1. The fraction of sp³-hybridized carbons (Fsp3) is 0.193. The molecule has 0 aliphatic carbocycles. The number of benzene rings is 16. The Balaban J connectivity index is 0.000000195. The van der Waals surface area contributed by atoms with Crippen LogP contribution in [-0.2, 0) is 0 Å². The Morgan fingerprint density at radius 1 is 0.190 bits per heavy atom. The van der Waals surface area contributed by atoms with Gasteiger partial charge in [-0.25, -0.2) is 19.2 Å². The zero-order valence-corrected chi connectivity index (χ0v) is 72.0. The minimum absolute atomic E-state index is 0.350. The Bertz CT molecular complexity index is 5970. The van der Waals surface area contributed by atoms with E-state index >= 15 is 0 Å². The van der Waals surface area contributed by atoms with Crippen molar-refractivity contribution in [1.82, 2.24) is 0 Å². The Kier molecular flexibility index (Phi) is 29.6. The summed E-state index contributed by atoms with van der Waals surface area (Å²) in [4.78, 5) is 55.9. The van der Waals surface area contributed by atoms with Gasteiger partial charge in [0.1, 0.15) is 46.0 Å². The van der Waals surface area contributed by atoms with Crippen LogP contribution < -0.4 is 37.9 Å². The van der Waals surface area contributed by atoms with Crippen LogP contribution in [0.3, 0.4) is 0 Å². The summed E-state index contributed by atoms with van der Waals surface area (Å²) in [7, 11) is 0. The summed E-state index contributed by atoms with van der Waals surface area (Å²) in [6.07, 6.45) is 16.0. The zero-order valence-electron chi connectivity index (χ0n) is 72.0. The molecule has 16 aromatic rings. The SMILES string of the molecule is CCCCCCOc1ccc(-c2ccc(C(=O)Oc3ccc4ccccc4c3-c3c(OC(=O)c4ccc(-c5ccc(OCCCCCC)cc5)cc4)ccc4ccccc34)cc2)cc1.CCCCCOc1ccc(-c2ccc(C(=O)Oc3ccc4ccccc4c3-c3c(OC(=O)c4ccc(-c5ccc(OCCCCC)cc5)cc4)ccc4ccccc34)cc2)cc1. The molecule has 126 heavy (non-hydrogen) atoms. The van der Waals surface area contributed by atoms with E-state index in [9.17, 15) is 19.2 Å². The van der Waals surface area contributed by atoms with Crippen LogP contribution in [0.4, 0.5) is 0 Å². The molecule has 16 aromatic carbocycles. The van der Waals surface area contributed by atoms with Crippen LogP contribution in [0.25, 0.3) is 110 Å². The predicted molar refractivity (Wildman–Crippen MR) is 510 cm³/mol. The molecule has 0 aliphatic rings. The minimum Gasteiger partial charge on any atom is -0.494 e. The topological polar surface area (TPSA) is 142 Å². The van der Waals surface area contributed by atoms with Crippen LogP contribution in [0, 0.1) is 0 Å². The number of hydrogen-bond donors (Lipinski definition) is 0. The van der Waals surface area contributed by atoms with E-state index in [4.69, 9.17) is 37.9 Å². The van der Waals surface area contributed by atoms with E-state index in [1.807, 2.05) is 291 Å². The van der Waals surface area contributed by atoms with Gasteiger partial charge in [0, 0.05) is 22.3 Å². The van der Waals surface area contributed by atoms with E-state index in [2.05, 4.69) is 27.7 Å². The lowest BCUT2D eigenvalue weighted by Gasteiger charge is -2.19. The number of esters is 4. The first-order valence-electron chi connectivity index (χ1n) is 44.3. The number of carbonyl (C=O) groups excluding carboxylic acids is 4. The number of rotatable bonds is 36. The van der Waals surface area contributed by atoms with E-state index in [1.54, 1.807) is 48.5 Å². The standard InChI is InChI=1S/C58H54O6.C56H50O6/c1-3-5-7-13-39-61-49-33-27-43(28-34-49)41-19-23-47(24-20-41)57(59)63-53-37-31-45-15-9-11-17-51(45)55(53)56-52-18-12-10-16-46(52)32-38-54(56)64-58(60)48-25-21-42(22-26-48)44-29-35-50(36-30-44)62-40-14-8-6-4-2;1-3-5-11-37-59-47-31-25-41(26-32-47)39-17-21-45(22-18-39)55(57)61-51-35-29-43-13-7-9-15-49(43)53(51)54-50-16-10-8-14-44(50)30-36-52(54)62-56(58)46-23-19-40(20-24-46)42-27-33-48(34-28-42)60-38-12-6-4-2/h9-12,15-38H,3-8,13-14,39-40H2,1-2H3;7-10,13-36H,3-6,11-12,37-38H2,1-2H3. The highest BCUT2D eigenvalue weighted by Crippen LogP contribution is 2.49. The quantitative estimate of drug-likeness (QED) is 0.0210. The Morgan fingerprint density at radius 2 is 0.373 bits per heavy atom. The van der Waals surface area contributed by atoms with Gasteiger partial charge in [0.15, 0.2) is 0 Å². The number of fused-ring (bicyclic) bond motifs is 4. The molecule has 0 fully saturated rings. The van der Waals surface area contributed by atoms with Gasteiger partial charge in [0.2, 0.25) is 0 Å². The molecule has 0 spiro atoms. The average Bonchev–Trinajstić information content (AvgIpc) is 0.752. The van der Waals surface area contributed by atoms with Crippen LogP contribution in [-0.4, -0.2) is 50.3 Å². The van der Waals surface area contributed by atoms with E-state index in [0.29, 0.717) is 93.9 Å². The van der Waals surface area contributed by atoms with E-state index in [-0.39, 0.29) is 0 Å². The van der Waals surface area contributed by atoms with Crippen molar-refractivity contribution < 1.29 is 57.1 Å². The van der Waals surface area contributed by atoms with Crippen LogP contribution in [0.15, 0.2) is 340 Å². The first-order chi connectivity index (χ1) is 62.0. The van der Waals surface area contributed by atoms with Gasteiger partial charge >= 0.3 is 23.9 Å². The lowest BCUT2D eigenvalue weighted by atomic mass is 9.92. The second-order valence-corrected chi connectivity index (χ2v) is 31.5. The molecule has 0 amide bonds. The third kappa shape index (κ3) is 21.8. The largest absolute Gasteiger partial charge is 0.494 e. The van der Waals surface area contributed by atoms with Crippen molar-refractivity contribution in [2.45, 2.75) is 118 Å². The van der Waals surface area contributed by atoms with Gasteiger partial charge in [-0.05, 0) is 235 Å². The van der Waals surface area contributed by atoms with Crippen molar-refractivity contribution >= 4 is 67.0 Å². The maximum atomic E-state index is 14.0. The summed E-state index contributed by atoms with van der Waals surface area (Å²) < 4.78 is 48.8. The average molecular weight is 1670 g/mol. The molecule has 0 unspecified atom stereocenters. The lowest BCUT2D eigenvalue weighted by molar-refractivity contribution is 0.0723. The Hall–Kier alpha value is -14.4. The van der Waals surface area contributed by atoms with Gasteiger partial charge in [-0.15, -0.1) is 0 Å². The Morgan fingerprint density at radius 3 is 0.579 bits per heavy atom. The van der Waals surface area contributed by atoms with Crippen molar-refractivity contribution in [3.05, 3.63) is 362 Å². The molecule has 0 saturated heterocycles. The lowest BCUT2D eigenvalue weighted by Crippen LogP contribution is -2.11. The molecule has 12 nitrogen and oxygen atoms in total. The maximum Gasteiger partial charge on any atom is 0.343 e. The van der Waals surface area contributed by atoms with Gasteiger partial charge in [0.05, 0.1) is 48.7 Å². The van der Waals surface area contributed by atoms with Gasteiger partial charge in [-0.1, -0.05) is 310 Å². The third-order valence-electron chi connectivity index (χ3n) is 22.7. The van der Waals surface area contributed by atoms with Crippen molar-refractivity contribution in [3.63, 3.8) is 0 Å². The van der Waals surface area contributed by atoms with E-state index in [1.165, 1.54) is 38.5 Å². The molecule has 0 heterocycles. The van der Waals surface area contributed by atoms with Crippen LogP contribution in [0.2, 0.25) is 0 Å². The molecule has 12 heteroatoms. The molecule has 0 N–H and O–H groups in total. The summed E-state index contributed by atoms with van der Waals surface area (Å²) in [5, 5.41) is 7.18. The fourth-order valence-corrected chi connectivity index (χ4v) is 15.7. The van der Waals surface area contributed by atoms with E-state index < -0.39 is 23.9 Å². The second-order valence-electron chi connectivity index (χ2n) is 31.5. The Labute approximate surface area is 738 Å². The molecule has 0 radical (unpaired) electrons. The van der Waals surface area contributed by atoms with Crippen LogP contribution in [0.1, 0.15) is 159 Å². The highest BCUT2D eigenvalue weighted by atomic mass is 16.6. The molecular formula is C114H104O12. The first-order valence-corrected chi connectivity index (χ1v) is 44.3. The van der Waals surface area contributed by atoms with Crippen molar-refractivity contribution in [1.29, 1.82) is 0 Å². The van der Waals surface area contributed by atoms with Crippen LogP contribution >= 0.6 is 0 Å². The summed E-state index contributed by atoms with van der Waals surface area (Å²) in [6, 6.07) is 109. The monoisotopic (exact) mass is 1660 g/mol. The molecule has 0 saturated carbocycles. The van der Waals surface area contributed by atoms with Crippen molar-refractivity contribution in [3.8, 4) is 113 Å². The highest BCUT2D eigenvalue weighted by molar-refractivity contribution is 6.13. The molecular weight excluding hydrogens is 1560 g/mol. The molecule has 0 atom stereocenters. The number of ether oxygens (including phenoxy) is 8. The third-order valence-corrected chi connectivity index (χ3v) is 22.7. The van der Waals surface area contributed by atoms with Gasteiger partial charge in [-0.2, -0.15) is 0 Å². The minimum atomic E-state index is -0.503. The number of unbranched alkanes of at least 4 members (excludes halogenated alkanes) is 10. The molecule has 0 aromatic heterocycles. The smallest absolute Gasteiger partial charge is 0.343 e. The summed E-state index contributed by atoms with van der Waals surface area (Å²) in [6.45, 7) is 11.6. The highest BCUT2D eigenvalue weighted by Gasteiger charge is 2.27. The zero-order chi connectivity index (χ0) is 86.8. The van der Waals surface area contributed by atoms with Gasteiger partial charge in [-0.3, -0.25) is 0 Å². The molecule has 0 aliphatic heterocycles.